The van der Waals surface area contributed by atoms with E-state index in [1.165, 1.54) is 0 Å². The Morgan fingerprint density at radius 1 is 0.533 bits per heavy atom. The summed E-state index contributed by atoms with van der Waals surface area (Å²) >= 11 is 0. The Labute approximate surface area is 260 Å². The minimum Gasteiger partial charge on any atom is -0.309 e. The summed E-state index contributed by atoms with van der Waals surface area (Å²) < 4.78 is 2.17. The van der Waals surface area contributed by atoms with E-state index < -0.39 is 0 Å². The first-order valence-electron chi connectivity index (χ1n) is 14.2. The summed E-state index contributed by atoms with van der Waals surface area (Å²) in [5, 5.41) is 32.0. The molecule has 0 aliphatic carbocycles. The van der Waals surface area contributed by atoms with Gasteiger partial charge in [0.2, 0.25) is 0 Å². The fourth-order valence-corrected chi connectivity index (χ4v) is 6.28. The maximum atomic E-state index is 10.3. The van der Waals surface area contributed by atoms with Crippen molar-refractivity contribution >= 4 is 27.5 Å². The van der Waals surface area contributed by atoms with Crippen LogP contribution in [0.3, 0.4) is 0 Å². The quantitative estimate of drug-likeness (QED) is 0.197. The summed E-state index contributed by atoms with van der Waals surface area (Å²) in [6, 6.07) is 47.4. The average Bonchev–Trinajstić information content (AvgIpc) is 3.44. The van der Waals surface area contributed by atoms with E-state index in [1.54, 1.807) is 36.4 Å². The minimum atomic E-state index is 0.401. The lowest BCUT2D eigenvalue weighted by Crippen LogP contribution is -1.95. The molecule has 7 rings (SSSR count). The first kappa shape index (κ1) is 26.9. The van der Waals surface area contributed by atoms with Gasteiger partial charge in [-0.25, -0.2) is 4.85 Å². The highest BCUT2D eigenvalue weighted by Crippen LogP contribution is 2.48. The van der Waals surface area contributed by atoms with Crippen molar-refractivity contribution in [2.45, 2.75) is 0 Å². The molecule has 0 aliphatic heterocycles. The summed E-state index contributed by atoms with van der Waals surface area (Å²) in [5.74, 6) is 0. The maximum Gasteiger partial charge on any atom is 0.196 e. The number of aromatic nitrogens is 1. The molecule has 0 N–H and O–H groups in total. The molecule has 7 aromatic rings. The second-order valence-corrected chi connectivity index (χ2v) is 10.5. The summed E-state index contributed by atoms with van der Waals surface area (Å²) in [7, 11) is 0. The van der Waals surface area contributed by atoms with Gasteiger partial charge >= 0.3 is 0 Å². The Morgan fingerprint density at radius 3 is 1.80 bits per heavy atom. The van der Waals surface area contributed by atoms with Gasteiger partial charge in [-0.05, 0) is 64.7 Å². The molecule has 0 saturated heterocycles. The van der Waals surface area contributed by atoms with E-state index in [9.17, 15) is 15.8 Å². The van der Waals surface area contributed by atoms with Gasteiger partial charge in [0.1, 0.15) is 0 Å². The molecular formula is C40H21N5. The molecule has 206 valence electrons. The van der Waals surface area contributed by atoms with Crippen molar-refractivity contribution in [1.29, 1.82) is 15.8 Å². The van der Waals surface area contributed by atoms with Crippen molar-refractivity contribution in [3.8, 4) is 57.3 Å². The third kappa shape index (κ3) is 4.29. The zero-order chi connectivity index (χ0) is 30.9. The molecule has 0 amide bonds. The number of fused-ring (bicyclic) bond motifs is 3. The van der Waals surface area contributed by atoms with Gasteiger partial charge in [0.15, 0.2) is 5.69 Å². The van der Waals surface area contributed by atoms with Gasteiger partial charge in [-0.3, -0.25) is 0 Å². The van der Waals surface area contributed by atoms with Gasteiger partial charge in [0.25, 0.3) is 0 Å². The first-order chi connectivity index (χ1) is 22.2. The number of para-hydroxylation sites is 1. The van der Waals surface area contributed by atoms with E-state index in [4.69, 9.17) is 6.57 Å². The van der Waals surface area contributed by atoms with Crippen LogP contribution in [0.1, 0.15) is 16.7 Å². The third-order valence-corrected chi connectivity index (χ3v) is 8.16. The van der Waals surface area contributed by atoms with Crippen LogP contribution in [0.4, 0.5) is 5.69 Å². The molecule has 0 spiro atoms. The number of nitriles is 3. The van der Waals surface area contributed by atoms with Crippen LogP contribution in [0.2, 0.25) is 0 Å². The molecule has 1 aromatic heterocycles. The Balaban J connectivity index is 1.70. The predicted molar refractivity (Wildman–Crippen MR) is 177 cm³/mol. The molecule has 0 atom stereocenters. The van der Waals surface area contributed by atoms with E-state index >= 15 is 0 Å². The van der Waals surface area contributed by atoms with Crippen LogP contribution < -0.4 is 0 Å². The van der Waals surface area contributed by atoms with Gasteiger partial charge < -0.3 is 4.57 Å². The summed E-state index contributed by atoms with van der Waals surface area (Å²) in [6.45, 7) is 8.05. The molecule has 0 aliphatic rings. The topological polar surface area (TPSA) is 80.7 Å². The van der Waals surface area contributed by atoms with Crippen molar-refractivity contribution in [3.63, 3.8) is 0 Å². The van der Waals surface area contributed by atoms with E-state index in [-0.39, 0.29) is 0 Å². The highest BCUT2D eigenvalue weighted by molar-refractivity contribution is 6.20. The van der Waals surface area contributed by atoms with Crippen LogP contribution in [0.15, 0.2) is 127 Å². The monoisotopic (exact) mass is 571 g/mol. The second kappa shape index (κ2) is 11.1. The number of rotatable bonds is 4. The fourth-order valence-electron chi connectivity index (χ4n) is 6.28. The van der Waals surface area contributed by atoms with Gasteiger partial charge in [-0.15, -0.1) is 0 Å². The molecule has 5 heteroatoms. The normalized spacial score (nSPS) is 10.6. The van der Waals surface area contributed by atoms with E-state index in [1.807, 2.05) is 78.9 Å². The van der Waals surface area contributed by atoms with Crippen LogP contribution in [-0.4, -0.2) is 4.57 Å². The lowest BCUT2D eigenvalue weighted by atomic mass is 9.87. The number of hydrogen-bond donors (Lipinski definition) is 0. The van der Waals surface area contributed by atoms with Gasteiger partial charge in [0, 0.05) is 33.2 Å². The Bertz CT molecular complexity index is 2400. The van der Waals surface area contributed by atoms with Crippen LogP contribution in [0.5, 0.6) is 0 Å². The SMILES string of the molecule is [C-]#[N+]c1cccc(C#N)c1-c1c(-c2ccccc2)ccc2c1c1ccc(-c3c(C#N)cccc3C#N)cc1n2-c1ccccc1. The summed E-state index contributed by atoms with van der Waals surface area (Å²) in [6.07, 6.45) is 0. The first-order valence-corrected chi connectivity index (χ1v) is 14.2. The van der Waals surface area contributed by atoms with Crippen molar-refractivity contribution in [1.82, 2.24) is 4.57 Å². The van der Waals surface area contributed by atoms with Crippen LogP contribution >= 0.6 is 0 Å². The molecule has 5 nitrogen and oxygen atoms in total. The lowest BCUT2D eigenvalue weighted by Gasteiger charge is -2.16. The Morgan fingerprint density at radius 2 is 1.16 bits per heavy atom. The summed E-state index contributed by atoms with van der Waals surface area (Å²) in [5.41, 5.74) is 9.00. The van der Waals surface area contributed by atoms with Crippen molar-refractivity contribution in [3.05, 3.63) is 156 Å². The highest BCUT2D eigenvalue weighted by atomic mass is 15.0. The Hall–Kier alpha value is -6.92. The second-order valence-electron chi connectivity index (χ2n) is 10.5. The van der Waals surface area contributed by atoms with Gasteiger partial charge in [-0.2, -0.15) is 15.8 Å². The van der Waals surface area contributed by atoms with Crippen molar-refractivity contribution in [2.24, 2.45) is 0 Å². The molecule has 45 heavy (non-hydrogen) atoms. The third-order valence-electron chi connectivity index (χ3n) is 8.16. The van der Waals surface area contributed by atoms with Crippen molar-refractivity contribution < 1.29 is 0 Å². The van der Waals surface area contributed by atoms with Gasteiger partial charge in [-0.1, -0.05) is 84.9 Å². The lowest BCUT2D eigenvalue weighted by molar-refractivity contribution is 1.18. The van der Waals surface area contributed by atoms with Crippen molar-refractivity contribution in [2.75, 3.05) is 0 Å². The zero-order valence-electron chi connectivity index (χ0n) is 23.9. The maximum absolute atomic E-state index is 10.3. The van der Waals surface area contributed by atoms with Crippen LogP contribution in [0, 0.1) is 40.6 Å². The standard InChI is InChI=1S/C40H21N5/c1-44-34-17-9-14-30(25-43)38(34)40-32(26-10-4-2-5-11-26)20-21-35-39(40)33-19-18-27(37-28(23-41)12-8-13-29(37)24-42)22-36(33)45(35)31-15-6-3-7-16-31/h2-22H. The van der Waals surface area contributed by atoms with Crippen LogP contribution in [-0.2, 0) is 0 Å². The molecule has 0 radical (unpaired) electrons. The molecule has 0 fully saturated rings. The number of hydrogen-bond acceptors (Lipinski definition) is 3. The molecule has 6 aromatic carbocycles. The van der Waals surface area contributed by atoms with Gasteiger partial charge in [0.05, 0.1) is 46.9 Å². The van der Waals surface area contributed by atoms with E-state index in [2.05, 4.69) is 39.8 Å². The van der Waals surface area contributed by atoms with E-state index in [0.29, 0.717) is 33.5 Å². The Kier molecular flexibility index (Phi) is 6.62. The smallest absolute Gasteiger partial charge is 0.196 e. The summed E-state index contributed by atoms with van der Waals surface area (Å²) in [4.78, 5) is 3.86. The predicted octanol–water partition coefficient (Wildman–Crippen LogP) is 9.95. The van der Waals surface area contributed by atoms with Crippen LogP contribution in [0.25, 0.3) is 65.7 Å². The molecule has 0 unspecified atom stereocenters. The molecule has 0 saturated carbocycles. The molecule has 1 heterocycles. The van der Waals surface area contributed by atoms with E-state index in [0.717, 1.165) is 49.7 Å². The minimum absolute atomic E-state index is 0.401. The fraction of sp³-hybridized carbons (Fsp3) is 0. The molecular weight excluding hydrogens is 550 g/mol. The highest BCUT2D eigenvalue weighted by Gasteiger charge is 2.24. The zero-order valence-corrected chi connectivity index (χ0v) is 23.9. The molecule has 0 bridgehead atoms. The average molecular weight is 572 g/mol. The number of benzene rings is 6. The number of nitrogens with zero attached hydrogens (tertiary/aromatic N) is 5. The largest absolute Gasteiger partial charge is 0.309 e.